The highest BCUT2D eigenvalue weighted by atomic mass is 19.2. The average Bonchev–Trinajstić information content (AvgIpc) is 3.12. The van der Waals surface area contributed by atoms with Crippen molar-refractivity contribution in [1.82, 2.24) is 15.4 Å². The SMILES string of the molecule is CC(C)(F)C(F)c1ccc(C2=C=C=C3C=NC(=N[C@@H]4CCOC[C@H]4O)NN32)nc1. The molecular weight excluding hydrogens is 380 g/mol. The number of allylic oxidation sites excluding steroid dienone is 1. The summed E-state index contributed by atoms with van der Waals surface area (Å²) < 4.78 is 33.3. The van der Waals surface area contributed by atoms with Crippen LogP contribution >= 0.6 is 0 Å². The van der Waals surface area contributed by atoms with E-state index in [1.165, 1.54) is 26.1 Å². The zero-order valence-electron chi connectivity index (χ0n) is 16.1. The van der Waals surface area contributed by atoms with E-state index in [1.54, 1.807) is 17.3 Å². The lowest BCUT2D eigenvalue weighted by atomic mass is 9.99. The van der Waals surface area contributed by atoms with Crippen molar-refractivity contribution in [2.24, 2.45) is 9.98 Å². The second kappa shape index (κ2) is 7.54. The molecule has 1 fully saturated rings. The molecular formula is C20H21F2N5O2. The van der Waals surface area contributed by atoms with Crippen molar-refractivity contribution in [3.8, 4) is 0 Å². The van der Waals surface area contributed by atoms with Crippen LogP contribution in [0.25, 0.3) is 5.70 Å². The van der Waals surface area contributed by atoms with Crippen LogP contribution in [-0.4, -0.2) is 58.3 Å². The first-order valence-corrected chi connectivity index (χ1v) is 9.32. The lowest BCUT2D eigenvalue weighted by molar-refractivity contribution is -0.0178. The van der Waals surface area contributed by atoms with Crippen LogP contribution in [0, 0.1) is 0 Å². The fourth-order valence-electron chi connectivity index (χ4n) is 3.16. The summed E-state index contributed by atoms with van der Waals surface area (Å²) in [5.74, 6) is 0.335. The maximum atomic E-state index is 14.2. The summed E-state index contributed by atoms with van der Waals surface area (Å²) in [4.78, 5) is 13.0. The number of fused-ring (bicyclic) bond motifs is 1. The molecule has 0 spiro atoms. The molecule has 9 heteroatoms. The largest absolute Gasteiger partial charge is 0.388 e. The average molecular weight is 401 g/mol. The molecule has 7 nitrogen and oxygen atoms in total. The molecule has 3 atom stereocenters. The van der Waals surface area contributed by atoms with Gasteiger partial charge in [-0.2, -0.15) is 0 Å². The number of aliphatic imine (C=N–C) groups is 2. The van der Waals surface area contributed by atoms with Gasteiger partial charge in [0.25, 0.3) is 0 Å². The Labute approximate surface area is 166 Å². The van der Waals surface area contributed by atoms with Gasteiger partial charge in [-0.1, -0.05) is 6.07 Å². The Bertz CT molecular complexity index is 954. The van der Waals surface area contributed by atoms with E-state index < -0.39 is 17.9 Å². The van der Waals surface area contributed by atoms with E-state index in [0.717, 1.165) is 0 Å². The number of nitrogens with zero attached hydrogens (tertiary/aromatic N) is 4. The molecule has 29 heavy (non-hydrogen) atoms. The number of halogens is 2. The summed E-state index contributed by atoms with van der Waals surface area (Å²) in [5.41, 5.74) is 8.82. The highest BCUT2D eigenvalue weighted by Crippen LogP contribution is 2.33. The number of alkyl halides is 2. The molecule has 1 saturated heterocycles. The van der Waals surface area contributed by atoms with Gasteiger partial charge in [-0.3, -0.25) is 10.4 Å². The first-order valence-electron chi connectivity index (χ1n) is 9.32. The Morgan fingerprint density at radius 1 is 1.41 bits per heavy atom. The van der Waals surface area contributed by atoms with Crippen molar-refractivity contribution in [2.45, 2.75) is 44.3 Å². The molecule has 0 radical (unpaired) electrons. The van der Waals surface area contributed by atoms with Gasteiger partial charge in [0.05, 0.1) is 30.7 Å². The van der Waals surface area contributed by atoms with E-state index in [2.05, 4.69) is 31.9 Å². The third-order valence-corrected chi connectivity index (χ3v) is 4.80. The molecule has 1 unspecified atom stereocenters. The molecule has 1 aromatic heterocycles. The van der Waals surface area contributed by atoms with E-state index >= 15 is 0 Å². The molecule has 0 amide bonds. The van der Waals surface area contributed by atoms with E-state index in [9.17, 15) is 13.9 Å². The molecule has 3 aliphatic rings. The second-order valence-electron chi connectivity index (χ2n) is 7.54. The Kier molecular flexibility index (Phi) is 5.06. The van der Waals surface area contributed by atoms with Crippen LogP contribution in [0.1, 0.15) is 37.7 Å². The van der Waals surface area contributed by atoms with E-state index in [-0.39, 0.29) is 18.2 Å². The molecule has 0 saturated carbocycles. The Balaban J connectivity index is 1.53. The standard InChI is InChI=1S/C20H21F2N5O2/c1-20(2,22)18(21)12-3-5-14(23-9-12)16-6-4-13-10-24-19(26-27(13)16)25-15-7-8-29-11-17(15)28/h3,5,9-10,15,17-18,28H,7-8,11H2,1-2H3,(H,25,26)/t15-,17-,18?/m1/s1. The van der Waals surface area contributed by atoms with Gasteiger partial charge < -0.3 is 9.84 Å². The lowest BCUT2D eigenvalue weighted by Gasteiger charge is -2.29. The quantitative estimate of drug-likeness (QED) is 0.757. The number of pyridine rings is 1. The van der Waals surface area contributed by atoms with Crippen LogP contribution in [0.4, 0.5) is 8.78 Å². The number of hydrogen-bond acceptors (Lipinski definition) is 5. The van der Waals surface area contributed by atoms with Crippen molar-refractivity contribution < 1.29 is 18.6 Å². The Morgan fingerprint density at radius 3 is 2.93 bits per heavy atom. The molecule has 0 aromatic carbocycles. The molecule has 4 heterocycles. The first-order chi connectivity index (χ1) is 13.8. The molecule has 1 aromatic rings. The number of aromatic nitrogens is 1. The minimum absolute atomic E-state index is 0.168. The number of hydrazine groups is 1. The molecule has 0 aliphatic carbocycles. The summed E-state index contributed by atoms with van der Waals surface area (Å²) in [6.07, 6.45) is 1.05. The first kappa shape index (κ1) is 19.5. The molecule has 4 rings (SSSR count). The van der Waals surface area contributed by atoms with Gasteiger partial charge in [-0.15, -0.1) is 0 Å². The van der Waals surface area contributed by atoms with Crippen molar-refractivity contribution in [3.63, 3.8) is 0 Å². The normalized spacial score (nSPS) is 26.1. The zero-order valence-corrected chi connectivity index (χ0v) is 16.1. The van der Waals surface area contributed by atoms with Gasteiger partial charge in [-0.25, -0.2) is 23.8 Å². The van der Waals surface area contributed by atoms with Crippen molar-refractivity contribution in [1.29, 1.82) is 0 Å². The zero-order chi connectivity index (χ0) is 20.6. The number of aliphatic hydroxyl groups is 1. The predicted molar refractivity (Wildman–Crippen MR) is 103 cm³/mol. The second-order valence-corrected chi connectivity index (χ2v) is 7.54. The fourth-order valence-corrected chi connectivity index (χ4v) is 3.16. The van der Waals surface area contributed by atoms with Gasteiger partial charge in [0.15, 0.2) is 6.17 Å². The van der Waals surface area contributed by atoms with Crippen LogP contribution in [-0.2, 0) is 4.74 Å². The smallest absolute Gasteiger partial charge is 0.238 e. The van der Waals surface area contributed by atoms with Crippen LogP contribution in [0.2, 0.25) is 0 Å². The number of ether oxygens (including phenoxy) is 1. The van der Waals surface area contributed by atoms with Crippen LogP contribution in [0.15, 0.2) is 45.5 Å². The lowest BCUT2D eigenvalue weighted by Crippen LogP contribution is -2.44. The number of rotatable bonds is 4. The summed E-state index contributed by atoms with van der Waals surface area (Å²) >= 11 is 0. The van der Waals surface area contributed by atoms with Crippen LogP contribution < -0.4 is 5.43 Å². The van der Waals surface area contributed by atoms with Crippen molar-refractivity contribution >= 4 is 17.9 Å². The summed E-state index contributed by atoms with van der Waals surface area (Å²) in [5, 5.41) is 11.7. The van der Waals surface area contributed by atoms with Crippen molar-refractivity contribution in [3.05, 3.63) is 46.7 Å². The third kappa shape index (κ3) is 3.99. The van der Waals surface area contributed by atoms with Gasteiger partial charge >= 0.3 is 0 Å². The van der Waals surface area contributed by atoms with E-state index in [1.807, 2.05) is 0 Å². The van der Waals surface area contributed by atoms with E-state index in [4.69, 9.17) is 4.74 Å². The Hall–Kier alpha value is -2.83. The molecule has 0 bridgehead atoms. The van der Waals surface area contributed by atoms with E-state index in [0.29, 0.717) is 36.1 Å². The topological polar surface area (TPSA) is 82.3 Å². The van der Waals surface area contributed by atoms with Crippen molar-refractivity contribution in [2.75, 3.05) is 13.2 Å². The summed E-state index contributed by atoms with van der Waals surface area (Å²) in [7, 11) is 0. The fraction of sp³-hybridized carbons (Fsp3) is 0.450. The van der Waals surface area contributed by atoms with Crippen LogP contribution in [0.3, 0.4) is 0 Å². The minimum Gasteiger partial charge on any atom is -0.388 e. The number of nitrogens with one attached hydrogen (secondary N) is 1. The minimum atomic E-state index is -1.99. The maximum Gasteiger partial charge on any atom is 0.238 e. The van der Waals surface area contributed by atoms with Gasteiger partial charge in [-0.05, 0) is 37.8 Å². The summed E-state index contributed by atoms with van der Waals surface area (Å²) in [6.45, 7) is 3.16. The Morgan fingerprint density at radius 2 is 2.24 bits per heavy atom. The number of aliphatic hydroxyl groups excluding tert-OH is 1. The molecule has 3 aliphatic heterocycles. The maximum absolute atomic E-state index is 14.2. The monoisotopic (exact) mass is 401 g/mol. The highest BCUT2D eigenvalue weighted by molar-refractivity contribution is 5.98. The van der Waals surface area contributed by atoms with Crippen LogP contribution in [0.5, 0.6) is 0 Å². The van der Waals surface area contributed by atoms with Gasteiger partial charge in [0, 0.05) is 18.4 Å². The number of guanidine groups is 1. The van der Waals surface area contributed by atoms with Gasteiger partial charge in [0.1, 0.15) is 17.1 Å². The molecule has 152 valence electrons. The highest BCUT2D eigenvalue weighted by Gasteiger charge is 2.31. The number of hydrogen-bond donors (Lipinski definition) is 2. The van der Waals surface area contributed by atoms with Gasteiger partial charge in [0.2, 0.25) is 5.96 Å². The molecule has 2 N–H and O–H groups in total. The predicted octanol–water partition coefficient (Wildman–Crippen LogP) is 2.23. The summed E-state index contributed by atoms with van der Waals surface area (Å²) in [6, 6.07) is 2.80. The third-order valence-electron chi connectivity index (χ3n) is 4.80.